The average Bonchev–Trinajstić information content (AvgIpc) is 3.07. The lowest BCUT2D eigenvalue weighted by atomic mass is 10.1. The van der Waals surface area contributed by atoms with Crippen LogP contribution in [0, 0.1) is 5.82 Å². The molecule has 1 fully saturated rings. The van der Waals surface area contributed by atoms with Crippen molar-refractivity contribution in [3.05, 3.63) is 65.5 Å². The zero-order valence-corrected chi connectivity index (χ0v) is 13.1. The monoisotopic (exact) mass is 324 g/mol. The fourth-order valence-electron chi connectivity index (χ4n) is 3.57. The molecule has 2 heterocycles. The summed E-state index contributed by atoms with van der Waals surface area (Å²) in [6.45, 7) is 0.719. The van der Waals surface area contributed by atoms with Gasteiger partial charge in [0.05, 0.1) is 17.8 Å². The van der Waals surface area contributed by atoms with Gasteiger partial charge in [-0.3, -0.25) is 9.59 Å². The van der Waals surface area contributed by atoms with Crippen molar-refractivity contribution in [2.45, 2.75) is 25.4 Å². The molecular weight excluding hydrogens is 307 g/mol. The molecule has 4 nitrogen and oxygen atoms in total. The highest BCUT2D eigenvalue weighted by Crippen LogP contribution is 2.33. The van der Waals surface area contributed by atoms with Crippen molar-refractivity contribution in [2.24, 2.45) is 0 Å². The van der Waals surface area contributed by atoms with E-state index in [1.165, 1.54) is 6.07 Å². The SMILES string of the molecule is O=C1[C@@H]2CCCN2C(=O)c2ccccc2N1Cc1ccccc1F. The number of hydrogen-bond donors (Lipinski definition) is 0. The zero-order valence-electron chi connectivity index (χ0n) is 13.1. The van der Waals surface area contributed by atoms with E-state index in [2.05, 4.69) is 0 Å². The Kier molecular flexibility index (Phi) is 3.56. The quantitative estimate of drug-likeness (QED) is 0.852. The largest absolute Gasteiger partial charge is 0.327 e. The van der Waals surface area contributed by atoms with E-state index in [0.29, 0.717) is 29.8 Å². The second kappa shape index (κ2) is 5.74. The van der Waals surface area contributed by atoms with Gasteiger partial charge in [-0.25, -0.2) is 4.39 Å². The molecule has 1 atom stereocenters. The van der Waals surface area contributed by atoms with Crippen LogP contribution in [0.3, 0.4) is 0 Å². The molecule has 4 rings (SSSR count). The van der Waals surface area contributed by atoms with Crippen molar-refractivity contribution in [1.82, 2.24) is 4.90 Å². The highest BCUT2D eigenvalue weighted by atomic mass is 19.1. The van der Waals surface area contributed by atoms with Gasteiger partial charge in [-0.2, -0.15) is 0 Å². The Morgan fingerprint density at radius 3 is 2.62 bits per heavy atom. The van der Waals surface area contributed by atoms with Gasteiger partial charge in [0.15, 0.2) is 0 Å². The summed E-state index contributed by atoms with van der Waals surface area (Å²) in [4.78, 5) is 29.1. The molecule has 1 saturated heterocycles. The van der Waals surface area contributed by atoms with Crippen LogP contribution in [0.5, 0.6) is 0 Å². The third kappa shape index (κ3) is 2.28. The van der Waals surface area contributed by atoms with Crippen LogP contribution >= 0.6 is 0 Å². The molecule has 0 unspecified atom stereocenters. The van der Waals surface area contributed by atoms with Crippen LogP contribution in [0.1, 0.15) is 28.8 Å². The van der Waals surface area contributed by atoms with Gasteiger partial charge in [0.2, 0.25) is 5.91 Å². The number of carbonyl (C=O) groups is 2. The van der Waals surface area contributed by atoms with Crippen molar-refractivity contribution < 1.29 is 14.0 Å². The lowest BCUT2D eigenvalue weighted by molar-refractivity contribution is -0.122. The predicted molar refractivity (Wildman–Crippen MR) is 88.1 cm³/mol. The van der Waals surface area contributed by atoms with Gasteiger partial charge in [0, 0.05) is 12.1 Å². The molecule has 0 aliphatic carbocycles. The topological polar surface area (TPSA) is 40.6 Å². The number of hydrogen-bond acceptors (Lipinski definition) is 2. The van der Waals surface area contributed by atoms with Crippen molar-refractivity contribution in [3.63, 3.8) is 0 Å². The highest BCUT2D eigenvalue weighted by Gasteiger charge is 2.41. The molecule has 0 bridgehead atoms. The van der Waals surface area contributed by atoms with E-state index in [9.17, 15) is 14.0 Å². The number of para-hydroxylation sites is 1. The van der Waals surface area contributed by atoms with E-state index in [4.69, 9.17) is 0 Å². The first kappa shape index (κ1) is 14.9. The number of fused-ring (bicyclic) bond motifs is 2. The lowest BCUT2D eigenvalue weighted by Gasteiger charge is -2.26. The Morgan fingerprint density at radius 2 is 1.79 bits per heavy atom. The Morgan fingerprint density at radius 1 is 1.04 bits per heavy atom. The summed E-state index contributed by atoms with van der Waals surface area (Å²) in [6.07, 6.45) is 1.48. The summed E-state index contributed by atoms with van der Waals surface area (Å²) in [7, 11) is 0. The number of anilines is 1. The van der Waals surface area contributed by atoms with Gasteiger partial charge < -0.3 is 9.80 Å². The minimum absolute atomic E-state index is 0.113. The van der Waals surface area contributed by atoms with E-state index < -0.39 is 6.04 Å². The summed E-state index contributed by atoms with van der Waals surface area (Å²) < 4.78 is 14.1. The molecule has 0 saturated carbocycles. The number of rotatable bonds is 2. The molecule has 2 aliphatic rings. The first-order valence-electron chi connectivity index (χ1n) is 8.11. The predicted octanol–water partition coefficient (Wildman–Crippen LogP) is 2.98. The van der Waals surface area contributed by atoms with Crippen LogP contribution in [-0.4, -0.2) is 29.3 Å². The fourth-order valence-corrected chi connectivity index (χ4v) is 3.57. The number of amides is 2. The van der Waals surface area contributed by atoms with Gasteiger partial charge >= 0.3 is 0 Å². The molecule has 2 aromatic rings. The van der Waals surface area contributed by atoms with Crippen LogP contribution in [-0.2, 0) is 11.3 Å². The van der Waals surface area contributed by atoms with Crippen molar-refractivity contribution in [2.75, 3.05) is 11.4 Å². The van der Waals surface area contributed by atoms with Crippen LogP contribution in [0.15, 0.2) is 48.5 Å². The van der Waals surface area contributed by atoms with Crippen molar-refractivity contribution in [3.8, 4) is 0 Å². The Labute approximate surface area is 139 Å². The molecule has 2 aliphatic heterocycles. The number of carbonyl (C=O) groups excluding carboxylic acids is 2. The molecule has 0 aromatic heterocycles. The number of halogens is 1. The van der Waals surface area contributed by atoms with E-state index in [-0.39, 0.29) is 24.2 Å². The van der Waals surface area contributed by atoms with Crippen molar-refractivity contribution in [1.29, 1.82) is 0 Å². The maximum absolute atomic E-state index is 14.1. The van der Waals surface area contributed by atoms with E-state index in [1.807, 2.05) is 0 Å². The average molecular weight is 324 g/mol. The molecule has 0 spiro atoms. The summed E-state index contributed by atoms with van der Waals surface area (Å²) in [5.74, 6) is -0.590. The number of benzene rings is 2. The summed E-state index contributed by atoms with van der Waals surface area (Å²) in [5, 5.41) is 0. The maximum Gasteiger partial charge on any atom is 0.256 e. The second-order valence-electron chi connectivity index (χ2n) is 6.19. The standard InChI is InChI=1S/C19H17FN2O2/c20-15-8-3-1-6-13(15)12-22-16-9-4-2-7-14(16)18(23)21-11-5-10-17(21)19(22)24/h1-4,6-9,17H,5,10-12H2/t17-/m0/s1. The Hall–Kier alpha value is -2.69. The van der Waals surface area contributed by atoms with Crippen LogP contribution in [0.25, 0.3) is 0 Å². The number of nitrogens with zero attached hydrogens (tertiary/aromatic N) is 2. The van der Waals surface area contributed by atoms with Gasteiger partial charge in [0.25, 0.3) is 5.91 Å². The van der Waals surface area contributed by atoms with Crippen molar-refractivity contribution >= 4 is 17.5 Å². The first-order valence-corrected chi connectivity index (χ1v) is 8.11. The lowest BCUT2D eigenvalue weighted by Crippen LogP contribution is -2.44. The molecular formula is C19H17FN2O2. The fraction of sp³-hybridized carbons (Fsp3) is 0.263. The molecule has 122 valence electrons. The van der Waals surface area contributed by atoms with Crippen LogP contribution in [0.2, 0.25) is 0 Å². The zero-order chi connectivity index (χ0) is 16.7. The third-order valence-corrected chi connectivity index (χ3v) is 4.78. The van der Waals surface area contributed by atoms with E-state index in [0.717, 1.165) is 6.42 Å². The summed E-state index contributed by atoms with van der Waals surface area (Å²) in [5.41, 5.74) is 1.51. The molecule has 24 heavy (non-hydrogen) atoms. The van der Waals surface area contributed by atoms with Gasteiger partial charge in [-0.05, 0) is 31.0 Å². The third-order valence-electron chi connectivity index (χ3n) is 4.78. The van der Waals surface area contributed by atoms with Crippen LogP contribution < -0.4 is 4.90 Å². The molecule has 5 heteroatoms. The second-order valence-corrected chi connectivity index (χ2v) is 6.19. The van der Waals surface area contributed by atoms with Crippen LogP contribution in [0.4, 0.5) is 10.1 Å². The first-order chi connectivity index (χ1) is 11.7. The van der Waals surface area contributed by atoms with Gasteiger partial charge in [0.1, 0.15) is 11.9 Å². The maximum atomic E-state index is 14.1. The minimum Gasteiger partial charge on any atom is -0.327 e. The van der Waals surface area contributed by atoms with Gasteiger partial charge in [-0.1, -0.05) is 30.3 Å². The van der Waals surface area contributed by atoms with Gasteiger partial charge in [-0.15, -0.1) is 0 Å². The summed E-state index contributed by atoms with van der Waals surface area (Å²) in [6, 6.07) is 13.1. The Balaban J connectivity index is 1.82. The minimum atomic E-state index is -0.448. The van der Waals surface area contributed by atoms with E-state index >= 15 is 0 Å². The normalized spacial score (nSPS) is 20.0. The Bertz CT molecular complexity index is 821. The summed E-state index contributed by atoms with van der Waals surface area (Å²) >= 11 is 0. The smallest absolute Gasteiger partial charge is 0.256 e. The highest BCUT2D eigenvalue weighted by molar-refractivity contribution is 6.11. The van der Waals surface area contributed by atoms with E-state index in [1.54, 1.807) is 52.3 Å². The molecule has 0 radical (unpaired) electrons. The molecule has 2 amide bonds. The molecule has 2 aromatic carbocycles. The molecule has 0 N–H and O–H groups in total.